The highest BCUT2D eigenvalue weighted by Crippen LogP contribution is 2.21. The predicted molar refractivity (Wildman–Crippen MR) is 74.3 cm³/mol. The van der Waals surface area contributed by atoms with E-state index in [4.69, 9.17) is 9.90 Å². The van der Waals surface area contributed by atoms with Crippen molar-refractivity contribution >= 4 is 17.3 Å². The monoisotopic (exact) mass is 243 g/mol. The molecule has 0 spiro atoms. The van der Waals surface area contributed by atoms with Crippen molar-refractivity contribution < 1.29 is 9.90 Å². The van der Waals surface area contributed by atoms with Crippen molar-refractivity contribution in [3.63, 3.8) is 0 Å². The molecule has 0 heterocycles. The molecule has 0 aliphatic carbocycles. The first-order chi connectivity index (χ1) is 8.61. The zero-order valence-electron chi connectivity index (χ0n) is 10.6. The van der Waals surface area contributed by atoms with Crippen LogP contribution >= 0.6 is 0 Å². The van der Waals surface area contributed by atoms with Crippen molar-refractivity contribution in [1.82, 2.24) is 0 Å². The van der Waals surface area contributed by atoms with Crippen LogP contribution in [0.3, 0.4) is 0 Å². The number of carboxylic acids is 1. The Hall–Kier alpha value is -2.29. The number of hydrogen-bond acceptors (Lipinski definition) is 2. The Labute approximate surface area is 107 Å². The maximum absolute atomic E-state index is 9.00. The lowest BCUT2D eigenvalue weighted by atomic mass is 10.2. The molecule has 18 heavy (non-hydrogen) atoms. The SMILES string of the molecule is CC(=O)O.CN(c1ccccc1)c1ccccc1. The molecule has 0 saturated carbocycles. The standard InChI is InChI=1S/C13H13N.C2H4O2/c1-14(12-8-4-2-5-9-12)13-10-6-3-7-11-13;1-2(3)4/h2-11H,1H3;1H3,(H,3,4). The van der Waals surface area contributed by atoms with Gasteiger partial charge in [0.25, 0.3) is 5.97 Å². The van der Waals surface area contributed by atoms with E-state index in [-0.39, 0.29) is 0 Å². The molecular weight excluding hydrogens is 226 g/mol. The van der Waals surface area contributed by atoms with Gasteiger partial charge in [-0.05, 0) is 24.3 Å². The van der Waals surface area contributed by atoms with Crippen LogP contribution in [0.1, 0.15) is 6.92 Å². The van der Waals surface area contributed by atoms with Crippen LogP contribution in [0, 0.1) is 0 Å². The Morgan fingerprint density at radius 3 is 1.44 bits per heavy atom. The van der Waals surface area contributed by atoms with E-state index >= 15 is 0 Å². The summed E-state index contributed by atoms with van der Waals surface area (Å²) in [6, 6.07) is 20.7. The van der Waals surface area contributed by atoms with E-state index < -0.39 is 5.97 Å². The average molecular weight is 243 g/mol. The van der Waals surface area contributed by atoms with Gasteiger partial charge in [-0.25, -0.2) is 0 Å². The van der Waals surface area contributed by atoms with Crippen molar-refractivity contribution in [3.8, 4) is 0 Å². The number of nitrogens with zero attached hydrogens (tertiary/aromatic N) is 1. The van der Waals surface area contributed by atoms with E-state index in [9.17, 15) is 0 Å². The minimum Gasteiger partial charge on any atom is -0.481 e. The first kappa shape index (κ1) is 13.8. The number of anilines is 2. The molecule has 0 saturated heterocycles. The van der Waals surface area contributed by atoms with Gasteiger partial charge in [0.2, 0.25) is 0 Å². The Kier molecular flexibility index (Phi) is 5.45. The maximum Gasteiger partial charge on any atom is 0.300 e. The van der Waals surface area contributed by atoms with Crippen LogP contribution < -0.4 is 4.90 Å². The van der Waals surface area contributed by atoms with E-state index in [1.165, 1.54) is 11.4 Å². The Balaban J connectivity index is 0.000000357. The van der Waals surface area contributed by atoms with E-state index in [0.717, 1.165) is 6.92 Å². The summed E-state index contributed by atoms with van der Waals surface area (Å²) in [5.74, 6) is -0.833. The molecule has 0 amide bonds. The lowest BCUT2D eigenvalue weighted by molar-refractivity contribution is -0.134. The van der Waals surface area contributed by atoms with Crippen molar-refractivity contribution in [2.45, 2.75) is 6.92 Å². The number of para-hydroxylation sites is 2. The molecule has 0 aliphatic heterocycles. The number of aliphatic carboxylic acids is 1. The zero-order valence-corrected chi connectivity index (χ0v) is 10.6. The molecule has 3 heteroatoms. The summed E-state index contributed by atoms with van der Waals surface area (Å²) in [6.07, 6.45) is 0. The first-order valence-corrected chi connectivity index (χ1v) is 5.64. The van der Waals surface area contributed by atoms with Gasteiger partial charge in [0.05, 0.1) is 0 Å². The molecule has 0 unspecified atom stereocenters. The topological polar surface area (TPSA) is 40.5 Å². The Bertz CT molecular complexity index is 425. The van der Waals surface area contributed by atoms with Gasteiger partial charge in [-0.2, -0.15) is 0 Å². The van der Waals surface area contributed by atoms with Crippen LogP contribution in [0.15, 0.2) is 60.7 Å². The largest absolute Gasteiger partial charge is 0.481 e. The Morgan fingerprint density at radius 2 is 1.17 bits per heavy atom. The highest BCUT2D eigenvalue weighted by atomic mass is 16.4. The minimum absolute atomic E-state index is 0.833. The number of rotatable bonds is 2. The fourth-order valence-corrected chi connectivity index (χ4v) is 1.45. The second-order valence-corrected chi connectivity index (χ2v) is 3.75. The molecule has 2 aromatic rings. The van der Waals surface area contributed by atoms with E-state index in [1.54, 1.807) is 0 Å². The molecular formula is C15H17NO2. The van der Waals surface area contributed by atoms with Crippen molar-refractivity contribution in [2.24, 2.45) is 0 Å². The van der Waals surface area contributed by atoms with Gasteiger partial charge < -0.3 is 10.0 Å². The van der Waals surface area contributed by atoms with E-state index in [2.05, 4.69) is 60.5 Å². The quantitative estimate of drug-likeness (QED) is 0.877. The molecule has 2 rings (SSSR count). The third-order valence-electron chi connectivity index (χ3n) is 2.29. The van der Waals surface area contributed by atoms with E-state index in [1.807, 2.05) is 12.1 Å². The summed E-state index contributed by atoms with van der Waals surface area (Å²) in [5, 5.41) is 7.42. The van der Waals surface area contributed by atoms with Crippen LogP contribution in [0.2, 0.25) is 0 Å². The van der Waals surface area contributed by atoms with E-state index in [0.29, 0.717) is 0 Å². The van der Waals surface area contributed by atoms with Crippen LogP contribution in [-0.4, -0.2) is 18.1 Å². The van der Waals surface area contributed by atoms with Crippen LogP contribution in [0.5, 0.6) is 0 Å². The number of carboxylic acid groups (broad SMARTS) is 1. The average Bonchev–Trinajstić information content (AvgIpc) is 2.39. The third kappa shape index (κ3) is 4.70. The molecule has 94 valence electrons. The number of carbonyl (C=O) groups is 1. The van der Waals surface area contributed by atoms with Crippen LogP contribution in [-0.2, 0) is 4.79 Å². The second-order valence-electron chi connectivity index (χ2n) is 3.75. The van der Waals surface area contributed by atoms with Crippen molar-refractivity contribution in [3.05, 3.63) is 60.7 Å². The molecule has 0 aromatic heterocycles. The Morgan fingerprint density at radius 1 is 0.889 bits per heavy atom. The summed E-state index contributed by atoms with van der Waals surface area (Å²) in [4.78, 5) is 11.2. The fourth-order valence-electron chi connectivity index (χ4n) is 1.45. The molecule has 0 fully saturated rings. The van der Waals surface area contributed by atoms with Gasteiger partial charge in [0.15, 0.2) is 0 Å². The molecule has 2 aromatic carbocycles. The maximum atomic E-state index is 9.00. The highest BCUT2D eigenvalue weighted by Gasteiger charge is 2.00. The van der Waals surface area contributed by atoms with Gasteiger partial charge in [-0.1, -0.05) is 36.4 Å². The summed E-state index contributed by atoms with van der Waals surface area (Å²) in [7, 11) is 2.07. The zero-order chi connectivity index (χ0) is 13.4. The number of benzene rings is 2. The molecule has 1 N–H and O–H groups in total. The lowest BCUT2D eigenvalue weighted by Gasteiger charge is -2.18. The second kappa shape index (κ2) is 7.12. The van der Waals surface area contributed by atoms with Crippen molar-refractivity contribution in [1.29, 1.82) is 0 Å². The summed E-state index contributed by atoms with van der Waals surface area (Å²) in [6.45, 7) is 1.08. The van der Waals surface area contributed by atoms with Gasteiger partial charge in [-0.15, -0.1) is 0 Å². The molecule has 0 atom stereocenters. The summed E-state index contributed by atoms with van der Waals surface area (Å²) >= 11 is 0. The lowest BCUT2D eigenvalue weighted by Crippen LogP contribution is -2.08. The van der Waals surface area contributed by atoms with Gasteiger partial charge in [0, 0.05) is 25.3 Å². The van der Waals surface area contributed by atoms with Crippen LogP contribution in [0.4, 0.5) is 11.4 Å². The predicted octanol–water partition coefficient (Wildman–Crippen LogP) is 3.55. The summed E-state index contributed by atoms with van der Waals surface area (Å²) in [5.41, 5.74) is 2.41. The molecule has 0 aliphatic rings. The van der Waals surface area contributed by atoms with Crippen LogP contribution in [0.25, 0.3) is 0 Å². The normalized spacial score (nSPS) is 9.00. The van der Waals surface area contributed by atoms with Gasteiger partial charge >= 0.3 is 0 Å². The van der Waals surface area contributed by atoms with Gasteiger partial charge in [0.1, 0.15) is 0 Å². The molecule has 0 radical (unpaired) electrons. The summed E-state index contributed by atoms with van der Waals surface area (Å²) < 4.78 is 0. The van der Waals surface area contributed by atoms with Crippen molar-refractivity contribution in [2.75, 3.05) is 11.9 Å². The molecule has 3 nitrogen and oxygen atoms in total. The third-order valence-corrected chi connectivity index (χ3v) is 2.29. The minimum atomic E-state index is -0.833. The molecule has 0 bridgehead atoms. The van der Waals surface area contributed by atoms with Gasteiger partial charge in [-0.3, -0.25) is 4.79 Å². The highest BCUT2D eigenvalue weighted by molar-refractivity contribution is 5.63. The smallest absolute Gasteiger partial charge is 0.300 e. The fraction of sp³-hybridized carbons (Fsp3) is 0.133. The first-order valence-electron chi connectivity index (χ1n) is 5.64. The number of hydrogen-bond donors (Lipinski definition) is 1.